The molecular weight excluding hydrogens is 202 g/mol. The summed E-state index contributed by atoms with van der Waals surface area (Å²) in [6.07, 6.45) is 0.445. The standard InChI is InChI=1S/C12H27N3O/c1-10(2)9-15(7-6-14(4)5)12(16)8-11(3)13/h10-11H,6-9,13H2,1-5H3. The first-order chi connectivity index (χ1) is 7.32. The molecule has 0 spiro atoms. The Morgan fingerprint density at radius 2 is 1.75 bits per heavy atom. The first kappa shape index (κ1) is 15.4. The van der Waals surface area contributed by atoms with Gasteiger partial charge in [0.2, 0.25) is 5.91 Å². The first-order valence-electron chi connectivity index (χ1n) is 6.01. The molecule has 0 radical (unpaired) electrons. The normalized spacial score (nSPS) is 13.2. The first-order valence-corrected chi connectivity index (χ1v) is 6.01. The fourth-order valence-corrected chi connectivity index (χ4v) is 1.48. The molecule has 4 nitrogen and oxygen atoms in total. The van der Waals surface area contributed by atoms with E-state index in [0.29, 0.717) is 12.3 Å². The molecule has 0 aromatic rings. The smallest absolute Gasteiger partial charge is 0.224 e. The van der Waals surface area contributed by atoms with Crippen LogP contribution in [0.4, 0.5) is 0 Å². The summed E-state index contributed by atoms with van der Waals surface area (Å²) >= 11 is 0. The van der Waals surface area contributed by atoms with Gasteiger partial charge in [-0.2, -0.15) is 0 Å². The number of rotatable bonds is 7. The van der Waals surface area contributed by atoms with Gasteiger partial charge >= 0.3 is 0 Å². The number of amides is 1. The summed E-state index contributed by atoms with van der Waals surface area (Å²) in [7, 11) is 4.03. The van der Waals surface area contributed by atoms with Gasteiger partial charge in [-0.05, 0) is 26.9 Å². The third-order valence-electron chi connectivity index (χ3n) is 2.25. The second-order valence-corrected chi connectivity index (χ2v) is 5.22. The highest BCUT2D eigenvalue weighted by molar-refractivity contribution is 5.76. The molecule has 0 fully saturated rings. The lowest BCUT2D eigenvalue weighted by atomic mass is 10.1. The molecule has 0 aromatic carbocycles. The topological polar surface area (TPSA) is 49.6 Å². The fraction of sp³-hybridized carbons (Fsp3) is 0.917. The van der Waals surface area contributed by atoms with Crippen LogP contribution in [0.25, 0.3) is 0 Å². The zero-order valence-corrected chi connectivity index (χ0v) is 11.4. The minimum Gasteiger partial charge on any atom is -0.341 e. The molecule has 1 atom stereocenters. The second kappa shape index (κ2) is 7.63. The molecule has 4 heteroatoms. The maximum absolute atomic E-state index is 11.9. The summed E-state index contributed by atoms with van der Waals surface area (Å²) in [5.41, 5.74) is 5.66. The van der Waals surface area contributed by atoms with Crippen LogP contribution in [0.2, 0.25) is 0 Å². The van der Waals surface area contributed by atoms with Crippen LogP contribution in [0.3, 0.4) is 0 Å². The molecular formula is C12H27N3O. The number of nitrogens with zero attached hydrogens (tertiary/aromatic N) is 2. The van der Waals surface area contributed by atoms with Crippen molar-refractivity contribution >= 4 is 5.91 Å². The van der Waals surface area contributed by atoms with Gasteiger partial charge in [-0.1, -0.05) is 13.8 Å². The number of hydrogen-bond donors (Lipinski definition) is 1. The monoisotopic (exact) mass is 229 g/mol. The van der Waals surface area contributed by atoms with Gasteiger partial charge < -0.3 is 15.5 Å². The third-order valence-corrected chi connectivity index (χ3v) is 2.25. The number of carbonyl (C=O) groups is 1. The van der Waals surface area contributed by atoms with Crippen LogP contribution in [-0.2, 0) is 4.79 Å². The van der Waals surface area contributed by atoms with E-state index < -0.39 is 0 Å². The fourth-order valence-electron chi connectivity index (χ4n) is 1.48. The van der Waals surface area contributed by atoms with Crippen LogP contribution in [0.1, 0.15) is 27.2 Å². The Labute approximate surface area is 99.8 Å². The van der Waals surface area contributed by atoms with E-state index in [4.69, 9.17) is 5.73 Å². The third kappa shape index (κ3) is 7.65. The van der Waals surface area contributed by atoms with Crippen molar-refractivity contribution in [3.8, 4) is 0 Å². The van der Waals surface area contributed by atoms with Gasteiger partial charge in [0.15, 0.2) is 0 Å². The van der Waals surface area contributed by atoms with Crippen LogP contribution in [0, 0.1) is 5.92 Å². The van der Waals surface area contributed by atoms with Crippen LogP contribution in [-0.4, -0.2) is 55.5 Å². The highest BCUT2D eigenvalue weighted by Crippen LogP contribution is 2.03. The van der Waals surface area contributed by atoms with E-state index in [0.717, 1.165) is 19.6 Å². The SMILES string of the molecule is CC(C)CN(CCN(C)C)C(=O)CC(C)N. The van der Waals surface area contributed by atoms with Crippen LogP contribution < -0.4 is 5.73 Å². The van der Waals surface area contributed by atoms with Gasteiger partial charge in [-0.3, -0.25) is 4.79 Å². The van der Waals surface area contributed by atoms with Crippen molar-refractivity contribution in [1.82, 2.24) is 9.80 Å². The molecule has 0 rings (SSSR count). The number of nitrogens with two attached hydrogens (primary N) is 1. The average Bonchev–Trinajstić information content (AvgIpc) is 2.09. The molecule has 0 aliphatic heterocycles. The van der Waals surface area contributed by atoms with E-state index in [-0.39, 0.29) is 11.9 Å². The second-order valence-electron chi connectivity index (χ2n) is 5.22. The number of carbonyl (C=O) groups excluding carboxylic acids is 1. The van der Waals surface area contributed by atoms with E-state index >= 15 is 0 Å². The molecule has 96 valence electrons. The van der Waals surface area contributed by atoms with Crippen molar-refractivity contribution in [3.63, 3.8) is 0 Å². The van der Waals surface area contributed by atoms with Crippen molar-refractivity contribution in [3.05, 3.63) is 0 Å². The van der Waals surface area contributed by atoms with E-state index in [1.165, 1.54) is 0 Å². The van der Waals surface area contributed by atoms with E-state index in [9.17, 15) is 4.79 Å². The zero-order chi connectivity index (χ0) is 12.7. The van der Waals surface area contributed by atoms with Crippen LogP contribution in [0.15, 0.2) is 0 Å². The van der Waals surface area contributed by atoms with Gasteiger partial charge in [0.25, 0.3) is 0 Å². The predicted molar refractivity (Wildman–Crippen MR) is 68.2 cm³/mol. The average molecular weight is 229 g/mol. The molecule has 1 unspecified atom stereocenters. The lowest BCUT2D eigenvalue weighted by Crippen LogP contribution is -2.40. The Kier molecular flexibility index (Phi) is 7.34. The Hall–Kier alpha value is -0.610. The molecule has 0 aliphatic rings. The maximum atomic E-state index is 11.9. The van der Waals surface area contributed by atoms with Crippen molar-refractivity contribution in [2.45, 2.75) is 33.2 Å². The maximum Gasteiger partial charge on any atom is 0.224 e. The Morgan fingerprint density at radius 1 is 1.19 bits per heavy atom. The molecule has 0 heterocycles. The summed E-state index contributed by atoms with van der Waals surface area (Å²) in [5, 5.41) is 0. The molecule has 2 N–H and O–H groups in total. The molecule has 0 aromatic heterocycles. The molecule has 0 aliphatic carbocycles. The van der Waals surface area contributed by atoms with Gasteiger partial charge in [-0.15, -0.1) is 0 Å². The van der Waals surface area contributed by atoms with Crippen LogP contribution in [0.5, 0.6) is 0 Å². The number of hydrogen-bond acceptors (Lipinski definition) is 3. The summed E-state index contributed by atoms with van der Waals surface area (Å²) in [4.78, 5) is 15.9. The molecule has 1 amide bonds. The largest absolute Gasteiger partial charge is 0.341 e. The lowest BCUT2D eigenvalue weighted by Gasteiger charge is -2.26. The summed E-state index contributed by atoms with van der Waals surface area (Å²) < 4.78 is 0. The Balaban J connectivity index is 4.23. The highest BCUT2D eigenvalue weighted by Gasteiger charge is 2.16. The van der Waals surface area contributed by atoms with E-state index in [2.05, 4.69) is 18.7 Å². The Bertz CT molecular complexity index is 202. The van der Waals surface area contributed by atoms with Gasteiger partial charge in [-0.25, -0.2) is 0 Å². The van der Waals surface area contributed by atoms with Crippen molar-refractivity contribution in [1.29, 1.82) is 0 Å². The van der Waals surface area contributed by atoms with E-state index in [1.807, 2.05) is 25.9 Å². The molecule has 16 heavy (non-hydrogen) atoms. The quantitative estimate of drug-likeness (QED) is 0.701. The van der Waals surface area contributed by atoms with Crippen molar-refractivity contribution < 1.29 is 4.79 Å². The van der Waals surface area contributed by atoms with E-state index in [1.54, 1.807) is 0 Å². The predicted octanol–water partition coefficient (Wildman–Crippen LogP) is 0.770. The molecule has 0 saturated heterocycles. The summed E-state index contributed by atoms with van der Waals surface area (Å²) in [5.74, 6) is 0.671. The zero-order valence-electron chi connectivity index (χ0n) is 11.4. The van der Waals surface area contributed by atoms with Crippen molar-refractivity contribution in [2.75, 3.05) is 33.7 Å². The summed E-state index contributed by atoms with van der Waals surface area (Å²) in [6, 6.07) is -0.0541. The van der Waals surface area contributed by atoms with Crippen LogP contribution >= 0.6 is 0 Å². The summed E-state index contributed by atoms with van der Waals surface area (Å²) in [6.45, 7) is 8.63. The molecule has 0 bridgehead atoms. The van der Waals surface area contributed by atoms with Crippen molar-refractivity contribution in [2.24, 2.45) is 11.7 Å². The highest BCUT2D eigenvalue weighted by atomic mass is 16.2. The molecule has 0 saturated carbocycles. The van der Waals surface area contributed by atoms with Gasteiger partial charge in [0, 0.05) is 32.1 Å². The Morgan fingerprint density at radius 3 is 2.12 bits per heavy atom. The van der Waals surface area contributed by atoms with Gasteiger partial charge in [0.05, 0.1) is 0 Å². The van der Waals surface area contributed by atoms with Gasteiger partial charge in [0.1, 0.15) is 0 Å². The minimum absolute atomic E-state index is 0.0541. The minimum atomic E-state index is -0.0541. The number of likely N-dealkylation sites (N-methyl/N-ethyl adjacent to an activating group) is 1. The lowest BCUT2D eigenvalue weighted by molar-refractivity contribution is -0.132.